The molecule has 0 aromatic heterocycles. The van der Waals surface area contributed by atoms with Crippen molar-refractivity contribution in [3.63, 3.8) is 0 Å². The maximum Gasteiger partial charge on any atom is 0.299 e. The van der Waals surface area contributed by atoms with Crippen LogP contribution in [-0.2, 0) is 11.3 Å². The van der Waals surface area contributed by atoms with Crippen LogP contribution in [0.25, 0.3) is 0 Å². The van der Waals surface area contributed by atoms with E-state index in [1.54, 1.807) is 18.2 Å². The second-order valence-corrected chi connectivity index (χ2v) is 5.76. The van der Waals surface area contributed by atoms with Crippen molar-refractivity contribution >= 4 is 29.0 Å². The molecule has 1 amide bonds. The second-order valence-electron chi connectivity index (χ2n) is 5.33. The van der Waals surface area contributed by atoms with E-state index in [4.69, 9.17) is 11.6 Å². The Morgan fingerprint density at radius 3 is 2.57 bits per heavy atom. The topological polar surface area (TPSA) is 37.4 Å². The highest BCUT2D eigenvalue weighted by atomic mass is 35.5. The molecule has 0 unspecified atom stereocenters. The first kappa shape index (κ1) is 13.8. The summed E-state index contributed by atoms with van der Waals surface area (Å²) in [4.78, 5) is 25.9. The van der Waals surface area contributed by atoms with Crippen LogP contribution in [0.1, 0.15) is 27.0 Å². The van der Waals surface area contributed by atoms with Gasteiger partial charge in [-0.05, 0) is 48.7 Å². The van der Waals surface area contributed by atoms with Crippen LogP contribution in [0.15, 0.2) is 36.4 Å². The maximum absolute atomic E-state index is 12.3. The molecule has 0 aliphatic carbocycles. The van der Waals surface area contributed by atoms with Gasteiger partial charge in [0.25, 0.3) is 11.7 Å². The highest BCUT2D eigenvalue weighted by Gasteiger charge is 2.37. The molecule has 0 fully saturated rings. The monoisotopic (exact) mass is 299 g/mol. The van der Waals surface area contributed by atoms with Crippen LogP contribution in [0, 0.1) is 13.8 Å². The fourth-order valence-corrected chi connectivity index (χ4v) is 3.01. The van der Waals surface area contributed by atoms with Crippen molar-refractivity contribution < 1.29 is 9.59 Å². The summed E-state index contributed by atoms with van der Waals surface area (Å²) < 4.78 is 0. The summed E-state index contributed by atoms with van der Waals surface area (Å²) in [5.74, 6) is -0.905. The molecule has 2 aromatic rings. The Labute approximate surface area is 128 Å². The average Bonchev–Trinajstić information content (AvgIpc) is 2.64. The molecule has 3 nitrogen and oxygen atoms in total. The predicted octanol–water partition coefficient (Wildman–Crippen LogP) is 3.69. The predicted molar refractivity (Wildman–Crippen MR) is 82.9 cm³/mol. The second kappa shape index (κ2) is 5.01. The minimum atomic E-state index is -0.473. The number of hydrogen-bond donors (Lipinski definition) is 0. The van der Waals surface area contributed by atoms with Crippen molar-refractivity contribution in [2.24, 2.45) is 0 Å². The molecule has 0 saturated carbocycles. The highest BCUT2D eigenvalue weighted by Crippen LogP contribution is 2.34. The molecular weight excluding hydrogens is 286 g/mol. The lowest BCUT2D eigenvalue weighted by atomic mass is 10.0. The number of anilines is 1. The van der Waals surface area contributed by atoms with Crippen molar-refractivity contribution in [1.29, 1.82) is 0 Å². The number of aryl methyl sites for hydroxylation is 2. The van der Waals surface area contributed by atoms with Crippen LogP contribution in [0.5, 0.6) is 0 Å². The summed E-state index contributed by atoms with van der Waals surface area (Å²) in [6, 6.07) is 11.1. The van der Waals surface area contributed by atoms with Gasteiger partial charge in [0.15, 0.2) is 0 Å². The zero-order valence-corrected chi connectivity index (χ0v) is 12.6. The van der Waals surface area contributed by atoms with Gasteiger partial charge in [0, 0.05) is 5.02 Å². The van der Waals surface area contributed by atoms with Crippen molar-refractivity contribution in [2.75, 3.05) is 4.90 Å². The Bertz CT molecular complexity index is 767. The Morgan fingerprint density at radius 2 is 1.86 bits per heavy atom. The number of hydrogen-bond acceptors (Lipinski definition) is 2. The average molecular weight is 300 g/mol. The van der Waals surface area contributed by atoms with E-state index in [-0.39, 0.29) is 0 Å². The molecular formula is C17H14ClNO2. The zero-order valence-electron chi connectivity index (χ0n) is 11.8. The van der Waals surface area contributed by atoms with Gasteiger partial charge in [-0.3, -0.25) is 9.59 Å². The molecule has 1 heterocycles. The van der Waals surface area contributed by atoms with Gasteiger partial charge in [0.05, 0.1) is 17.8 Å². The fourth-order valence-electron chi connectivity index (χ4n) is 2.80. The number of benzene rings is 2. The van der Waals surface area contributed by atoms with E-state index in [0.717, 1.165) is 22.4 Å². The summed E-state index contributed by atoms with van der Waals surface area (Å²) in [6.45, 7) is 4.19. The van der Waals surface area contributed by atoms with Crippen LogP contribution in [-0.4, -0.2) is 11.7 Å². The molecule has 1 aliphatic rings. The molecule has 0 spiro atoms. The normalized spacial score (nSPS) is 13.8. The van der Waals surface area contributed by atoms with Crippen LogP contribution >= 0.6 is 11.6 Å². The first-order valence-electron chi connectivity index (χ1n) is 6.69. The third-order valence-corrected chi connectivity index (χ3v) is 3.86. The van der Waals surface area contributed by atoms with Gasteiger partial charge in [-0.25, -0.2) is 0 Å². The minimum absolute atomic E-state index is 0.349. The summed E-state index contributed by atoms with van der Waals surface area (Å²) in [5.41, 5.74) is 4.04. The molecule has 0 radical (unpaired) electrons. The van der Waals surface area contributed by atoms with E-state index < -0.39 is 11.7 Å². The highest BCUT2D eigenvalue weighted by molar-refractivity contribution is 6.52. The largest absolute Gasteiger partial charge is 0.300 e. The Kier molecular flexibility index (Phi) is 3.30. The first-order chi connectivity index (χ1) is 9.97. The van der Waals surface area contributed by atoms with Gasteiger partial charge in [-0.1, -0.05) is 29.8 Å². The SMILES string of the molecule is Cc1cc(C)c2c(c1)C(=O)C(=O)N2Cc1cccc(Cl)c1. The molecule has 2 aromatic carbocycles. The Balaban J connectivity index is 2.05. The van der Waals surface area contributed by atoms with Crippen molar-refractivity contribution in [1.82, 2.24) is 0 Å². The molecule has 1 aliphatic heterocycles. The van der Waals surface area contributed by atoms with Gasteiger partial charge in [0.1, 0.15) is 0 Å². The number of amides is 1. The number of Topliss-reactive ketones (excluding diaryl/α,β-unsaturated/α-hetero) is 1. The summed E-state index contributed by atoms with van der Waals surface area (Å²) in [7, 11) is 0. The number of carbonyl (C=O) groups is 2. The van der Waals surface area contributed by atoms with E-state index in [1.807, 2.05) is 32.0 Å². The van der Waals surface area contributed by atoms with Gasteiger partial charge in [0.2, 0.25) is 0 Å². The Morgan fingerprint density at radius 1 is 1.10 bits per heavy atom. The molecule has 21 heavy (non-hydrogen) atoms. The standard InChI is InChI=1S/C17H14ClNO2/c1-10-6-11(2)15-14(7-10)16(20)17(21)19(15)9-12-4-3-5-13(18)8-12/h3-8H,9H2,1-2H3. The summed E-state index contributed by atoms with van der Waals surface area (Å²) in [6.07, 6.45) is 0. The van der Waals surface area contributed by atoms with Crippen molar-refractivity contribution in [3.8, 4) is 0 Å². The van der Waals surface area contributed by atoms with Crippen LogP contribution in [0.2, 0.25) is 5.02 Å². The minimum Gasteiger partial charge on any atom is -0.300 e. The van der Waals surface area contributed by atoms with Crippen LogP contribution < -0.4 is 4.90 Å². The van der Waals surface area contributed by atoms with Crippen LogP contribution in [0.3, 0.4) is 0 Å². The summed E-state index contributed by atoms with van der Waals surface area (Å²) >= 11 is 5.98. The number of fused-ring (bicyclic) bond motifs is 1. The molecule has 0 atom stereocenters. The molecule has 0 bridgehead atoms. The van der Waals surface area contributed by atoms with E-state index >= 15 is 0 Å². The Hall–Kier alpha value is -2.13. The molecule has 4 heteroatoms. The molecule has 0 saturated heterocycles. The van der Waals surface area contributed by atoms with Gasteiger partial charge >= 0.3 is 0 Å². The fraction of sp³-hybridized carbons (Fsp3) is 0.176. The third-order valence-electron chi connectivity index (χ3n) is 3.63. The number of rotatable bonds is 2. The van der Waals surface area contributed by atoms with E-state index in [1.165, 1.54) is 4.90 Å². The number of ketones is 1. The van der Waals surface area contributed by atoms with Gasteiger partial charge in [-0.15, -0.1) is 0 Å². The number of nitrogens with zero attached hydrogens (tertiary/aromatic N) is 1. The van der Waals surface area contributed by atoms with Crippen LogP contribution in [0.4, 0.5) is 5.69 Å². The number of carbonyl (C=O) groups excluding carboxylic acids is 2. The lowest BCUT2D eigenvalue weighted by Gasteiger charge is -2.19. The van der Waals surface area contributed by atoms with Crippen molar-refractivity contribution in [3.05, 3.63) is 63.7 Å². The molecule has 3 rings (SSSR count). The molecule has 106 valence electrons. The summed E-state index contributed by atoms with van der Waals surface area (Å²) in [5, 5.41) is 0.617. The smallest absolute Gasteiger partial charge is 0.299 e. The quantitative estimate of drug-likeness (QED) is 0.793. The lowest BCUT2D eigenvalue weighted by Crippen LogP contribution is -2.29. The van der Waals surface area contributed by atoms with E-state index in [2.05, 4.69) is 0 Å². The maximum atomic E-state index is 12.3. The first-order valence-corrected chi connectivity index (χ1v) is 7.07. The van der Waals surface area contributed by atoms with E-state index in [0.29, 0.717) is 17.1 Å². The van der Waals surface area contributed by atoms with Crippen molar-refractivity contribution in [2.45, 2.75) is 20.4 Å². The van der Waals surface area contributed by atoms with Gasteiger partial charge in [-0.2, -0.15) is 0 Å². The third kappa shape index (κ3) is 2.34. The molecule has 0 N–H and O–H groups in total. The number of halogens is 1. The van der Waals surface area contributed by atoms with Gasteiger partial charge < -0.3 is 4.90 Å². The zero-order chi connectivity index (χ0) is 15.1. The lowest BCUT2D eigenvalue weighted by molar-refractivity contribution is -0.114. The van der Waals surface area contributed by atoms with E-state index in [9.17, 15) is 9.59 Å².